The van der Waals surface area contributed by atoms with Crippen molar-refractivity contribution in [3.63, 3.8) is 0 Å². The number of ether oxygens (including phenoxy) is 1. The molecule has 24 heavy (non-hydrogen) atoms. The van der Waals surface area contributed by atoms with Gasteiger partial charge in [0, 0.05) is 13.1 Å². The van der Waals surface area contributed by atoms with E-state index in [1.807, 2.05) is 0 Å². The van der Waals surface area contributed by atoms with Crippen molar-refractivity contribution >= 4 is 11.9 Å². The second-order valence-corrected chi connectivity index (χ2v) is 6.16. The molecule has 1 unspecified atom stereocenters. The van der Waals surface area contributed by atoms with Crippen molar-refractivity contribution in [2.45, 2.75) is 12.6 Å². The summed E-state index contributed by atoms with van der Waals surface area (Å²) in [6, 6.07) is 7.17. The van der Waals surface area contributed by atoms with Gasteiger partial charge in [-0.25, -0.2) is 0 Å². The van der Waals surface area contributed by atoms with Gasteiger partial charge in [-0.1, -0.05) is 18.2 Å². The largest absolute Gasteiger partial charge is 0.492 e. The van der Waals surface area contributed by atoms with Crippen molar-refractivity contribution in [1.82, 2.24) is 4.90 Å². The van der Waals surface area contributed by atoms with E-state index in [2.05, 4.69) is 0 Å². The molecule has 5 nitrogen and oxygen atoms in total. The molecule has 2 aliphatic heterocycles. The predicted molar refractivity (Wildman–Crippen MR) is 76.4 cm³/mol. The lowest BCUT2D eigenvalue weighted by molar-refractivity contribution is -0.188. The second kappa shape index (κ2) is 5.99. The summed E-state index contributed by atoms with van der Waals surface area (Å²) in [4.78, 5) is 24.7. The second-order valence-electron chi connectivity index (χ2n) is 6.16. The van der Waals surface area contributed by atoms with Crippen LogP contribution in [0.15, 0.2) is 24.3 Å². The zero-order chi connectivity index (χ0) is 17.5. The number of alkyl halides is 3. The molecule has 0 radical (unpaired) electrons. The van der Waals surface area contributed by atoms with Gasteiger partial charge in [0.15, 0.2) is 0 Å². The number of fused-ring (bicyclic) bond motifs is 1. The van der Waals surface area contributed by atoms with E-state index in [-0.39, 0.29) is 6.61 Å². The van der Waals surface area contributed by atoms with E-state index in [1.54, 1.807) is 24.3 Å². The van der Waals surface area contributed by atoms with Gasteiger partial charge in [-0.2, -0.15) is 13.2 Å². The Morgan fingerprint density at radius 1 is 1.21 bits per heavy atom. The van der Waals surface area contributed by atoms with Crippen LogP contribution in [-0.2, 0) is 16.0 Å². The van der Waals surface area contributed by atoms with Gasteiger partial charge in [0.05, 0.1) is 17.8 Å². The van der Waals surface area contributed by atoms with E-state index in [0.29, 0.717) is 12.2 Å². The van der Waals surface area contributed by atoms with E-state index in [9.17, 15) is 22.8 Å². The number of rotatable bonds is 2. The van der Waals surface area contributed by atoms with Gasteiger partial charge in [-0.05, 0) is 18.1 Å². The molecule has 8 heteroatoms. The minimum atomic E-state index is -4.65. The maximum Gasteiger partial charge on any atom is 0.394 e. The first-order valence-corrected chi connectivity index (χ1v) is 7.56. The summed E-state index contributed by atoms with van der Waals surface area (Å²) in [6.45, 7) is -0.950. The smallest absolute Gasteiger partial charge is 0.394 e. The number of aliphatic carboxylic acids is 1. The average Bonchev–Trinajstić information content (AvgIpc) is 2.99. The van der Waals surface area contributed by atoms with Crippen molar-refractivity contribution < 1.29 is 32.6 Å². The molecule has 3 rings (SSSR count). The number of carboxylic acids is 1. The number of carbonyl (C=O) groups is 2. The van der Waals surface area contributed by atoms with E-state index < -0.39 is 48.9 Å². The third-order valence-corrected chi connectivity index (χ3v) is 4.60. The van der Waals surface area contributed by atoms with Gasteiger partial charge >= 0.3 is 12.1 Å². The molecule has 2 heterocycles. The number of likely N-dealkylation sites (tertiary alicyclic amines) is 1. The minimum Gasteiger partial charge on any atom is -0.492 e. The van der Waals surface area contributed by atoms with Crippen molar-refractivity contribution in [3.05, 3.63) is 29.8 Å². The molecule has 3 atom stereocenters. The topological polar surface area (TPSA) is 66.8 Å². The normalized spacial score (nSPS) is 26.6. The molecule has 1 amide bonds. The van der Waals surface area contributed by atoms with Gasteiger partial charge in [-0.3, -0.25) is 9.59 Å². The molecule has 0 saturated carbocycles. The highest BCUT2D eigenvalue weighted by Crippen LogP contribution is 2.38. The molecule has 1 saturated heterocycles. The molecule has 130 valence electrons. The van der Waals surface area contributed by atoms with Crippen LogP contribution in [0.3, 0.4) is 0 Å². The zero-order valence-corrected chi connectivity index (χ0v) is 12.6. The molecule has 2 aliphatic rings. The number of hydrogen-bond acceptors (Lipinski definition) is 3. The summed E-state index contributed by atoms with van der Waals surface area (Å²) < 4.78 is 44.6. The van der Waals surface area contributed by atoms with Gasteiger partial charge in [0.25, 0.3) is 0 Å². The monoisotopic (exact) mass is 343 g/mol. The van der Waals surface area contributed by atoms with Gasteiger partial charge in [-0.15, -0.1) is 0 Å². The number of carbonyl (C=O) groups excluding carboxylic acids is 1. The molecule has 1 fully saturated rings. The highest BCUT2D eigenvalue weighted by molar-refractivity contribution is 5.82. The summed E-state index contributed by atoms with van der Waals surface area (Å²) >= 11 is 0. The first-order chi connectivity index (χ1) is 11.3. The Morgan fingerprint density at radius 2 is 1.92 bits per heavy atom. The maximum atomic E-state index is 13.0. The van der Waals surface area contributed by atoms with Crippen LogP contribution < -0.4 is 4.74 Å². The Balaban J connectivity index is 1.73. The summed E-state index contributed by atoms with van der Waals surface area (Å²) in [6.07, 6.45) is -4.27. The first-order valence-electron chi connectivity index (χ1n) is 7.56. The Kier molecular flexibility index (Phi) is 4.15. The van der Waals surface area contributed by atoms with Crippen LogP contribution in [0.25, 0.3) is 0 Å². The van der Waals surface area contributed by atoms with Gasteiger partial charge in [0.1, 0.15) is 12.4 Å². The van der Waals surface area contributed by atoms with Crippen molar-refractivity contribution in [3.8, 4) is 5.75 Å². The van der Waals surface area contributed by atoms with E-state index in [1.165, 1.54) is 0 Å². The molecule has 0 bridgehead atoms. The molecule has 0 spiro atoms. The number of carboxylic acid groups (broad SMARTS) is 1. The van der Waals surface area contributed by atoms with Crippen LogP contribution in [0.5, 0.6) is 5.75 Å². The van der Waals surface area contributed by atoms with Crippen LogP contribution in [-0.4, -0.2) is 47.8 Å². The van der Waals surface area contributed by atoms with E-state index in [4.69, 9.17) is 9.84 Å². The van der Waals surface area contributed by atoms with Crippen LogP contribution in [0.2, 0.25) is 0 Å². The quantitative estimate of drug-likeness (QED) is 0.891. The van der Waals surface area contributed by atoms with Crippen LogP contribution >= 0.6 is 0 Å². The summed E-state index contributed by atoms with van der Waals surface area (Å²) in [7, 11) is 0. The molecule has 1 aromatic rings. The first kappa shape index (κ1) is 16.6. The summed E-state index contributed by atoms with van der Waals surface area (Å²) in [5.41, 5.74) is 0.823. The van der Waals surface area contributed by atoms with Gasteiger partial charge in [0.2, 0.25) is 5.91 Å². The van der Waals surface area contributed by atoms with E-state index in [0.717, 1.165) is 10.5 Å². The van der Waals surface area contributed by atoms with Crippen LogP contribution in [0.1, 0.15) is 5.56 Å². The number of hydrogen-bond donors (Lipinski definition) is 1. The lowest BCUT2D eigenvalue weighted by Gasteiger charge is -2.28. The average molecular weight is 343 g/mol. The Bertz CT molecular complexity index is 661. The lowest BCUT2D eigenvalue weighted by Crippen LogP contribution is -2.40. The van der Waals surface area contributed by atoms with Crippen molar-refractivity contribution in [2.24, 2.45) is 17.8 Å². The predicted octanol–water partition coefficient (Wildman–Crippen LogP) is 1.96. The minimum absolute atomic E-state index is 0.0841. The Hall–Kier alpha value is -2.25. The number of nitrogens with zero attached hydrogens (tertiary/aromatic N) is 1. The number of halogens is 3. The fourth-order valence-electron chi connectivity index (χ4n) is 3.31. The molecular formula is C16H16F3NO4. The molecule has 0 aromatic heterocycles. The Morgan fingerprint density at radius 3 is 2.54 bits per heavy atom. The SMILES string of the molecule is O=C(O)[C@@H]1CN(C(=O)C2COc3ccccc3C2)C[C@H]1C(F)(F)F. The number of para-hydroxylation sites is 1. The summed E-state index contributed by atoms with van der Waals surface area (Å²) in [5, 5.41) is 9.02. The maximum absolute atomic E-state index is 13.0. The van der Waals surface area contributed by atoms with Crippen LogP contribution in [0.4, 0.5) is 13.2 Å². The van der Waals surface area contributed by atoms with Crippen molar-refractivity contribution in [1.29, 1.82) is 0 Å². The highest BCUT2D eigenvalue weighted by Gasteiger charge is 2.54. The molecule has 0 aliphatic carbocycles. The molecule has 1 aromatic carbocycles. The van der Waals surface area contributed by atoms with Gasteiger partial charge < -0.3 is 14.7 Å². The molecule has 1 N–H and O–H groups in total. The lowest BCUT2D eigenvalue weighted by atomic mass is 9.95. The van der Waals surface area contributed by atoms with Crippen LogP contribution in [0, 0.1) is 17.8 Å². The highest BCUT2D eigenvalue weighted by atomic mass is 19.4. The third-order valence-electron chi connectivity index (χ3n) is 4.60. The summed E-state index contributed by atoms with van der Waals surface area (Å²) in [5.74, 6) is -5.59. The fraction of sp³-hybridized carbons (Fsp3) is 0.500. The zero-order valence-electron chi connectivity index (χ0n) is 12.6. The number of benzene rings is 1. The standard InChI is InChI=1S/C16H16F3NO4/c17-16(18,19)12-7-20(6-11(12)15(22)23)14(21)10-5-9-3-1-2-4-13(9)24-8-10/h1-4,10-12H,5-8H2,(H,22,23)/t10?,11-,12-/m1/s1. The third kappa shape index (κ3) is 3.05. The van der Waals surface area contributed by atoms with E-state index >= 15 is 0 Å². The Labute approximate surface area is 136 Å². The number of amides is 1. The fourth-order valence-corrected chi connectivity index (χ4v) is 3.31. The molecular weight excluding hydrogens is 327 g/mol. The van der Waals surface area contributed by atoms with Crippen molar-refractivity contribution in [2.75, 3.05) is 19.7 Å².